The molecule has 0 saturated heterocycles. The number of carbonyl (C=O) groups is 1. The van der Waals surface area contributed by atoms with E-state index in [-0.39, 0.29) is 34.5 Å². The van der Waals surface area contributed by atoms with Crippen LogP contribution in [0.15, 0.2) is 35.2 Å². The number of aromatic nitrogens is 2. The molecule has 28 heavy (non-hydrogen) atoms. The van der Waals surface area contributed by atoms with Gasteiger partial charge in [-0.25, -0.2) is 4.68 Å². The molecule has 0 saturated carbocycles. The van der Waals surface area contributed by atoms with Gasteiger partial charge in [0.05, 0.1) is 11.7 Å². The number of hydrogen-bond acceptors (Lipinski definition) is 3. The number of aryl methyl sites for hydroxylation is 1. The smallest absolute Gasteiger partial charge is 0.280 e. The monoisotopic (exact) mass is 423 g/mol. The Kier molecular flexibility index (Phi) is 5.15. The van der Waals surface area contributed by atoms with Crippen LogP contribution in [0, 0.1) is 6.92 Å². The molecule has 4 nitrogen and oxygen atoms in total. The second-order valence-electron chi connectivity index (χ2n) is 6.48. The minimum Gasteiger partial charge on any atom is -0.280 e. The number of hydrogen-bond donors (Lipinski definition) is 0. The molecule has 1 aromatic heterocycles. The fourth-order valence-electron chi connectivity index (χ4n) is 3.16. The van der Waals surface area contributed by atoms with Gasteiger partial charge in [-0.3, -0.25) is 9.69 Å². The van der Waals surface area contributed by atoms with Gasteiger partial charge in [-0.2, -0.15) is 31.4 Å². The molecule has 2 heterocycles. The van der Waals surface area contributed by atoms with Gasteiger partial charge >= 0.3 is 11.7 Å². The van der Waals surface area contributed by atoms with Crippen molar-refractivity contribution in [2.45, 2.75) is 48.9 Å². The van der Waals surface area contributed by atoms with Gasteiger partial charge in [0.25, 0.3) is 5.91 Å². The van der Waals surface area contributed by atoms with Crippen molar-refractivity contribution in [3.8, 4) is 0 Å². The number of benzene rings is 1. The number of thioether (sulfide) groups is 1. The Morgan fingerprint density at radius 2 is 1.75 bits per heavy atom. The molecule has 0 N–H and O–H groups in total. The Hall–Kier alpha value is -2.17. The van der Waals surface area contributed by atoms with Gasteiger partial charge in [-0.05, 0) is 56.3 Å². The number of carbonyl (C=O) groups excluding carboxylic acids is 1. The fourth-order valence-corrected chi connectivity index (χ4v) is 3.70. The lowest BCUT2D eigenvalue weighted by atomic mass is 10.0. The molecule has 3 rings (SSSR count). The molecule has 0 radical (unpaired) electrons. The Labute approximate surface area is 160 Å². The van der Waals surface area contributed by atoms with Gasteiger partial charge in [0.2, 0.25) is 0 Å². The highest BCUT2D eigenvalue weighted by Gasteiger charge is 2.50. The van der Waals surface area contributed by atoms with E-state index in [0.717, 1.165) is 24.3 Å². The molecule has 1 aromatic carbocycles. The highest BCUT2D eigenvalue weighted by molar-refractivity contribution is 8.00. The van der Waals surface area contributed by atoms with Crippen LogP contribution in [0.2, 0.25) is 0 Å². The summed E-state index contributed by atoms with van der Waals surface area (Å²) in [4.78, 5) is 13.4. The molecule has 0 spiro atoms. The predicted molar refractivity (Wildman–Crippen MR) is 91.3 cm³/mol. The molecule has 2 atom stereocenters. The number of alkyl halides is 6. The van der Waals surface area contributed by atoms with Gasteiger partial charge in [-0.15, -0.1) is 0 Å². The van der Waals surface area contributed by atoms with Crippen LogP contribution in [-0.2, 0) is 0 Å². The number of fused-ring (bicyclic) bond motifs is 1. The van der Waals surface area contributed by atoms with E-state index in [1.54, 1.807) is 13.8 Å². The van der Waals surface area contributed by atoms with Crippen molar-refractivity contribution in [1.29, 1.82) is 0 Å². The van der Waals surface area contributed by atoms with Gasteiger partial charge in [-0.1, -0.05) is 0 Å². The highest BCUT2D eigenvalue weighted by Crippen LogP contribution is 2.41. The molecule has 11 heteroatoms. The molecule has 1 aliphatic heterocycles. The van der Waals surface area contributed by atoms with Crippen LogP contribution in [-0.4, -0.2) is 33.4 Å². The van der Waals surface area contributed by atoms with Crippen LogP contribution >= 0.6 is 11.8 Å². The topological polar surface area (TPSA) is 38.1 Å². The van der Waals surface area contributed by atoms with E-state index < -0.39 is 29.7 Å². The molecule has 0 bridgehead atoms. The first-order valence-corrected chi connectivity index (χ1v) is 9.00. The standard InChI is InChI=1S/C17H15F6N3OS/c1-9-7-14-25(13(16(18,19)20)8-10(2)26(14)24-9)15(27)11-3-5-12(6-4-11)28-17(21,22)23/h3-7,10,13H,8H2,1-2H3/t10-,13-/m0/s1. The minimum absolute atomic E-state index is 0.0114. The van der Waals surface area contributed by atoms with Gasteiger partial charge in [0, 0.05) is 16.5 Å². The first-order valence-electron chi connectivity index (χ1n) is 8.19. The summed E-state index contributed by atoms with van der Waals surface area (Å²) in [6.45, 7) is 3.19. The van der Waals surface area contributed by atoms with Crippen molar-refractivity contribution in [3.63, 3.8) is 0 Å². The zero-order valence-corrected chi connectivity index (χ0v) is 15.5. The second kappa shape index (κ2) is 7.02. The molecule has 152 valence electrons. The third kappa shape index (κ3) is 4.13. The number of rotatable bonds is 2. The SMILES string of the molecule is Cc1cc2n(n1)[C@@H](C)C[C@@H](C(F)(F)F)N2C(=O)c1ccc(SC(F)(F)F)cc1. The molecular formula is C17H15F6N3OS. The summed E-state index contributed by atoms with van der Waals surface area (Å²) in [5.74, 6) is -0.934. The van der Waals surface area contributed by atoms with E-state index in [9.17, 15) is 31.1 Å². The number of halogens is 6. The number of amides is 1. The van der Waals surface area contributed by atoms with E-state index in [0.29, 0.717) is 10.6 Å². The van der Waals surface area contributed by atoms with Crippen LogP contribution < -0.4 is 4.90 Å². The van der Waals surface area contributed by atoms with Crippen molar-refractivity contribution in [2.24, 2.45) is 0 Å². The quantitative estimate of drug-likeness (QED) is 0.483. The van der Waals surface area contributed by atoms with Crippen molar-refractivity contribution < 1.29 is 31.1 Å². The summed E-state index contributed by atoms with van der Waals surface area (Å²) < 4.78 is 79.6. The molecule has 1 aliphatic rings. The Morgan fingerprint density at radius 1 is 1.14 bits per heavy atom. The summed E-state index contributed by atoms with van der Waals surface area (Å²) in [5.41, 5.74) is -4.18. The lowest BCUT2D eigenvalue weighted by molar-refractivity contribution is -0.152. The van der Waals surface area contributed by atoms with E-state index >= 15 is 0 Å². The molecule has 0 aliphatic carbocycles. The highest BCUT2D eigenvalue weighted by atomic mass is 32.2. The third-order valence-electron chi connectivity index (χ3n) is 4.31. The zero-order chi connectivity index (χ0) is 20.9. The summed E-state index contributed by atoms with van der Waals surface area (Å²) in [7, 11) is 0. The maximum Gasteiger partial charge on any atom is 0.446 e. The van der Waals surface area contributed by atoms with E-state index in [4.69, 9.17) is 0 Å². The van der Waals surface area contributed by atoms with Crippen molar-refractivity contribution in [3.05, 3.63) is 41.6 Å². The van der Waals surface area contributed by atoms with Crippen molar-refractivity contribution in [2.75, 3.05) is 4.90 Å². The summed E-state index contributed by atoms with van der Waals surface area (Å²) in [6, 6.07) is 3.07. The molecule has 2 aromatic rings. The zero-order valence-electron chi connectivity index (χ0n) is 14.7. The van der Waals surface area contributed by atoms with Crippen molar-refractivity contribution >= 4 is 23.5 Å². The van der Waals surface area contributed by atoms with Gasteiger partial charge in [0.1, 0.15) is 11.9 Å². The minimum atomic E-state index is -4.67. The normalized spacial score (nSPS) is 20.2. The first kappa shape index (κ1) is 20.6. The molecular weight excluding hydrogens is 408 g/mol. The van der Waals surface area contributed by atoms with Crippen LogP contribution in [0.25, 0.3) is 0 Å². The predicted octanol–water partition coefficient (Wildman–Crippen LogP) is 5.35. The average Bonchev–Trinajstić information content (AvgIpc) is 2.94. The van der Waals surface area contributed by atoms with E-state index in [1.807, 2.05) is 0 Å². The largest absolute Gasteiger partial charge is 0.446 e. The van der Waals surface area contributed by atoms with Gasteiger partial charge < -0.3 is 0 Å². The Morgan fingerprint density at radius 3 is 2.29 bits per heavy atom. The summed E-state index contributed by atoms with van der Waals surface area (Å²) in [5, 5.41) is 4.16. The Bertz CT molecular complexity index is 874. The molecule has 0 fully saturated rings. The third-order valence-corrected chi connectivity index (χ3v) is 5.05. The lowest BCUT2D eigenvalue weighted by Crippen LogP contribution is -2.53. The second-order valence-corrected chi connectivity index (χ2v) is 7.62. The number of nitrogens with zero attached hydrogens (tertiary/aromatic N) is 3. The van der Waals surface area contributed by atoms with Crippen LogP contribution in [0.1, 0.15) is 35.4 Å². The van der Waals surface area contributed by atoms with Crippen LogP contribution in [0.4, 0.5) is 32.2 Å². The molecule has 0 unspecified atom stereocenters. The number of anilines is 1. The van der Waals surface area contributed by atoms with Gasteiger partial charge in [0.15, 0.2) is 0 Å². The fraction of sp³-hybridized carbons (Fsp3) is 0.412. The Balaban J connectivity index is 1.98. The van der Waals surface area contributed by atoms with Crippen molar-refractivity contribution in [1.82, 2.24) is 9.78 Å². The lowest BCUT2D eigenvalue weighted by Gasteiger charge is -2.39. The maximum atomic E-state index is 13.6. The first-order chi connectivity index (χ1) is 12.9. The van der Waals surface area contributed by atoms with Crippen LogP contribution in [0.3, 0.4) is 0 Å². The van der Waals surface area contributed by atoms with Crippen LogP contribution in [0.5, 0.6) is 0 Å². The van der Waals surface area contributed by atoms with E-state index in [1.165, 1.54) is 10.7 Å². The summed E-state index contributed by atoms with van der Waals surface area (Å²) >= 11 is -0.365. The average molecular weight is 423 g/mol. The maximum absolute atomic E-state index is 13.6. The summed E-state index contributed by atoms with van der Waals surface area (Å²) in [6.07, 6.45) is -5.04. The molecule has 1 amide bonds. The van der Waals surface area contributed by atoms with E-state index in [2.05, 4.69) is 5.10 Å².